The van der Waals surface area contributed by atoms with Gasteiger partial charge in [0, 0.05) is 13.2 Å². The predicted molar refractivity (Wildman–Crippen MR) is 40.5 cm³/mol. The number of ether oxygens (including phenoxy) is 1. The molecule has 0 aromatic carbocycles. The Bertz CT molecular complexity index is 67.0. The smallest absolute Gasteiger partial charge is 0.0468 e. The van der Waals surface area contributed by atoms with Crippen LogP contribution in [0.25, 0.3) is 0 Å². The third-order valence-electron chi connectivity index (χ3n) is 1.10. The Morgan fingerprint density at radius 3 is 2.78 bits per heavy atom. The van der Waals surface area contributed by atoms with Gasteiger partial charge < -0.3 is 4.74 Å². The lowest BCUT2D eigenvalue weighted by Crippen LogP contribution is -1.91. The van der Waals surface area contributed by atoms with Crippen LogP contribution in [0.3, 0.4) is 0 Å². The summed E-state index contributed by atoms with van der Waals surface area (Å²) in [5, 5.41) is 0. The van der Waals surface area contributed by atoms with Crippen LogP contribution in [0, 0.1) is 0 Å². The van der Waals surface area contributed by atoms with Crippen LogP contribution < -0.4 is 0 Å². The fourth-order valence-corrected chi connectivity index (χ4v) is 0.614. The molecule has 0 aliphatic heterocycles. The number of unbranched alkanes of at least 4 members (excludes halogenated alkanes) is 1. The summed E-state index contributed by atoms with van der Waals surface area (Å²) in [7, 11) is 0. The monoisotopic (exact) mass is 128 g/mol. The van der Waals surface area contributed by atoms with E-state index < -0.39 is 0 Å². The lowest BCUT2D eigenvalue weighted by Gasteiger charge is -1.95. The third kappa shape index (κ3) is 7.70. The van der Waals surface area contributed by atoms with Crippen LogP contribution >= 0.6 is 0 Å². The molecule has 0 heterocycles. The van der Waals surface area contributed by atoms with Crippen molar-refractivity contribution in [3.63, 3.8) is 0 Å². The second-order valence-electron chi connectivity index (χ2n) is 1.91. The lowest BCUT2D eigenvalue weighted by atomic mass is 10.3. The van der Waals surface area contributed by atoms with Gasteiger partial charge in [-0.3, -0.25) is 0 Å². The van der Waals surface area contributed by atoms with E-state index in [-0.39, 0.29) is 0 Å². The van der Waals surface area contributed by atoms with E-state index in [0.29, 0.717) is 0 Å². The lowest BCUT2D eigenvalue weighted by molar-refractivity contribution is 0.145. The standard InChI is InChI=1S/C8H16O/c1-3-5-6-7-8-9-4-2/h3,5H,4,6-8H2,1-2H3/b5-3-. The van der Waals surface area contributed by atoms with Crippen molar-refractivity contribution in [2.45, 2.75) is 26.7 Å². The molecule has 0 radical (unpaired) electrons. The van der Waals surface area contributed by atoms with Crippen molar-refractivity contribution >= 4 is 0 Å². The topological polar surface area (TPSA) is 9.23 Å². The van der Waals surface area contributed by atoms with Crippen LogP contribution in [0.15, 0.2) is 12.2 Å². The Morgan fingerprint density at radius 2 is 2.22 bits per heavy atom. The average Bonchev–Trinajstić information content (AvgIpc) is 1.89. The molecule has 0 N–H and O–H groups in total. The molecule has 0 aromatic rings. The van der Waals surface area contributed by atoms with Gasteiger partial charge >= 0.3 is 0 Å². The molecule has 0 aliphatic rings. The number of allylic oxidation sites excluding steroid dienone is 2. The molecular formula is C8H16O. The summed E-state index contributed by atoms with van der Waals surface area (Å²) in [5.41, 5.74) is 0. The average molecular weight is 128 g/mol. The molecule has 0 amide bonds. The molecule has 0 bridgehead atoms. The minimum absolute atomic E-state index is 0.843. The van der Waals surface area contributed by atoms with Gasteiger partial charge in [0.1, 0.15) is 0 Å². The molecule has 0 aliphatic carbocycles. The van der Waals surface area contributed by atoms with Gasteiger partial charge in [0.25, 0.3) is 0 Å². The Balaban J connectivity index is 2.75. The molecule has 0 saturated carbocycles. The first kappa shape index (κ1) is 8.70. The fraction of sp³-hybridized carbons (Fsp3) is 0.750. The Hall–Kier alpha value is -0.300. The van der Waals surface area contributed by atoms with Gasteiger partial charge in [-0.25, -0.2) is 0 Å². The van der Waals surface area contributed by atoms with Crippen LogP contribution in [0.4, 0.5) is 0 Å². The van der Waals surface area contributed by atoms with Crippen molar-refractivity contribution in [1.29, 1.82) is 0 Å². The largest absolute Gasteiger partial charge is 0.382 e. The summed E-state index contributed by atoms with van der Waals surface area (Å²) in [6, 6.07) is 0. The first-order chi connectivity index (χ1) is 4.41. The highest BCUT2D eigenvalue weighted by Gasteiger charge is 1.81. The summed E-state index contributed by atoms with van der Waals surface area (Å²) in [4.78, 5) is 0. The predicted octanol–water partition coefficient (Wildman–Crippen LogP) is 2.38. The Morgan fingerprint density at radius 1 is 1.44 bits per heavy atom. The molecule has 0 spiro atoms. The van der Waals surface area contributed by atoms with Gasteiger partial charge in [-0.1, -0.05) is 12.2 Å². The van der Waals surface area contributed by atoms with E-state index in [2.05, 4.69) is 12.2 Å². The molecule has 0 unspecified atom stereocenters. The molecule has 0 rings (SSSR count). The first-order valence-corrected chi connectivity index (χ1v) is 3.60. The summed E-state index contributed by atoms with van der Waals surface area (Å²) in [5.74, 6) is 0. The van der Waals surface area contributed by atoms with E-state index in [1.807, 2.05) is 13.8 Å². The van der Waals surface area contributed by atoms with E-state index in [1.165, 1.54) is 0 Å². The van der Waals surface area contributed by atoms with Gasteiger partial charge in [-0.2, -0.15) is 0 Å². The second kappa shape index (κ2) is 7.70. The van der Waals surface area contributed by atoms with Gasteiger partial charge in [0.2, 0.25) is 0 Å². The van der Waals surface area contributed by atoms with Crippen molar-refractivity contribution in [1.82, 2.24) is 0 Å². The number of hydrogen-bond donors (Lipinski definition) is 0. The molecule has 0 atom stereocenters. The maximum Gasteiger partial charge on any atom is 0.0468 e. The van der Waals surface area contributed by atoms with Crippen LogP contribution in [-0.4, -0.2) is 13.2 Å². The van der Waals surface area contributed by atoms with Crippen LogP contribution in [-0.2, 0) is 4.74 Å². The summed E-state index contributed by atoms with van der Waals surface area (Å²) in [6.45, 7) is 5.81. The zero-order valence-corrected chi connectivity index (χ0v) is 6.39. The highest BCUT2D eigenvalue weighted by molar-refractivity contribution is 4.75. The maximum absolute atomic E-state index is 5.15. The molecule has 1 nitrogen and oxygen atoms in total. The molecule has 9 heavy (non-hydrogen) atoms. The third-order valence-corrected chi connectivity index (χ3v) is 1.10. The SMILES string of the molecule is C/C=C\CCCOCC. The highest BCUT2D eigenvalue weighted by atomic mass is 16.5. The van der Waals surface area contributed by atoms with Crippen LogP contribution in [0.1, 0.15) is 26.7 Å². The van der Waals surface area contributed by atoms with Crippen molar-refractivity contribution in [3.8, 4) is 0 Å². The Kier molecular flexibility index (Phi) is 7.44. The van der Waals surface area contributed by atoms with Crippen molar-refractivity contribution < 1.29 is 4.74 Å². The van der Waals surface area contributed by atoms with E-state index in [0.717, 1.165) is 26.1 Å². The van der Waals surface area contributed by atoms with E-state index in [9.17, 15) is 0 Å². The van der Waals surface area contributed by atoms with Gasteiger partial charge in [0.05, 0.1) is 0 Å². The second-order valence-corrected chi connectivity index (χ2v) is 1.91. The molecule has 0 saturated heterocycles. The fourth-order valence-electron chi connectivity index (χ4n) is 0.614. The summed E-state index contributed by atoms with van der Waals surface area (Å²) in [6.07, 6.45) is 6.54. The molecule has 54 valence electrons. The summed E-state index contributed by atoms with van der Waals surface area (Å²) >= 11 is 0. The van der Waals surface area contributed by atoms with Gasteiger partial charge in [-0.15, -0.1) is 0 Å². The van der Waals surface area contributed by atoms with E-state index in [4.69, 9.17) is 4.74 Å². The molecule has 1 heteroatoms. The van der Waals surface area contributed by atoms with Crippen LogP contribution in [0.2, 0.25) is 0 Å². The quantitative estimate of drug-likeness (QED) is 0.408. The van der Waals surface area contributed by atoms with E-state index in [1.54, 1.807) is 0 Å². The zero-order chi connectivity index (χ0) is 6.95. The minimum Gasteiger partial charge on any atom is -0.382 e. The van der Waals surface area contributed by atoms with Crippen molar-refractivity contribution in [3.05, 3.63) is 12.2 Å². The van der Waals surface area contributed by atoms with Gasteiger partial charge in [-0.05, 0) is 26.7 Å². The van der Waals surface area contributed by atoms with E-state index >= 15 is 0 Å². The van der Waals surface area contributed by atoms with Crippen molar-refractivity contribution in [2.24, 2.45) is 0 Å². The van der Waals surface area contributed by atoms with Crippen molar-refractivity contribution in [2.75, 3.05) is 13.2 Å². The zero-order valence-electron chi connectivity index (χ0n) is 6.39. The molecule has 0 aromatic heterocycles. The highest BCUT2D eigenvalue weighted by Crippen LogP contribution is 1.90. The number of rotatable bonds is 5. The molecule has 0 fully saturated rings. The summed E-state index contributed by atoms with van der Waals surface area (Å²) < 4.78 is 5.15. The minimum atomic E-state index is 0.843. The number of hydrogen-bond acceptors (Lipinski definition) is 1. The Labute approximate surface area is 57.7 Å². The normalized spacial score (nSPS) is 10.9. The molecular weight excluding hydrogens is 112 g/mol. The maximum atomic E-state index is 5.15. The van der Waals surface area contributed by atoms with Crippen LogP contribution in [0.5, 0.6) is 0 Å². The first-order valence-electron chi connectivity index (χ1n) is 3.60. The van der Waals surface area contributed by atoms with Gasteiger partial charge in [0.15, 0.2) is 0 Å².